The molecule has 0 fully saturated rings. The Labute approximate surface area is 44.6 Å². The van der Waals surface area contributed by atoms with E-state index in [1.54, 1.807) is 0 Å². The van der Waals surface area contributed by atoms with Gasteiger partial charge in [-0.2, -0.15) is 10.5 Å². The number of quaternary nitrogens is 1. The average Bonchev–Trinajstić information content (AvgIpc) is 1.30. The van der Waals surface area contributed by atoms with Crippen molar-refractivity contribution in [3.05, 3.63) is 0 Å². The van der Waals surface area contributed by atoms with Gasteiger partial charge in [-0.05, 0) is 6.92 Å². The summed E-state index contributed by atoms with van der Waals surface area (Å²) in [6, 6.07) is 0. The van der Waals surface area contributed by atoms with Crippen LogP contribution in [0.3, 0.4) is 0 Å². The van der Waals surface area contributed by atoms with Gasteiger partial charge in [-0.15, -0.1) is 5.43 Å². The number of nitrogens with one attached hydrogen (secondary N) is 1. The summed E-state index contributed by atoms with van der Waals surface area (Å²) in [7, 11) is 3.76. The van der Waals surface area contributed by atoms with Gasteiger partial charge in [0.05, 0.1) is 0 Å². The molecule has 0 aliphatic carbocycles. The van der Waals surface area contributed by atoms with Gasteiger partial charge in [-0.1, -0.05) is 0 Å². The summed E-state index contributed by atoms with van der Waals surface area (Å²) in [5, 5.41) is 0. The van der Waals surface area contributed by atoms with Crippen molar-refractivity contribution in [1.29, 1.82) is 0 Å². The second-order valence-corrected chi connectivity index (χ2v) is 2.05. The van der Waals surface area contributed by atoms with Gasteiger partial charge in [-0.25, -0.2) is 0 Å². The van der Waals surface area contributed by atoms with Crippen LogP contribution in [0.25, 0.3) is 0 Å². The lowest BCUT2D eigenvalue weighted by atomic mass is 10.8. The Morgan fingerprint density at radius 3 is 2.00 bits per heavy atom. The number of hydrogen-bond donors (Lipinski definition) is 2. The largest absolute Gasteiger partial charge is 0.179 e. The molecule has 0 saturated heterocycles. The molecule has 0 bridgehead atoms. The molecule has 0 amide bonds. The first-order valence-electron chi connectivity index (χ1n) is 2.44. The molecule has 0 aromatic heterocycles. The Morgan fingerprint density at radius 2 is 2.00 bits per heavy atom. The molecular weight excluding hydrogens is 90.1 g/mol. The summed E-state index contributed by atoms with van der Waals surface area (Å²) in [4.78, 5) is 0. The topological polar surface area (TPSA) is 38.0 Å². The highest BCUT2D eigenvalue weighted by Gasteiger charge is 2.01. The van der Waals surface area contributed by atoms with Crippen LogP contribution >= 0.6 is 0 Å². The maximum atomic E-state index is 5.47. The fourth-order valence-corrected chi connectivity index (χ4v) is 0.408. The van der Waals surface area contributed by atoms with Crippen LogP contribution in [0, 0.1) is 0 Å². The second-order valence-electron chi connectivity index (χ2n) is 2.05. The monoisotopic (exact) mass is 104 g/mol. The summed E-state index contributed by atoms with van der Waals surface area (Å²) in [5.74, 6) is 5.47. The van der Waals surface area contributed by atoms with E-state index in [9.17, 15) is 0 Å². The Balaban J connectivity index is 3.15. The molecule has 3 nitrogen and oxygen atoms in total. The molecule has 0 radical (unpaired) electrons. The molecule has 44 valence electrons. The van der Waals surface area contributed by atoms with Crippen molar-refractivity contribution >= 4 is 0 Å². The van der Waals surface area contributed by atoms with Crippen molar-refractivity contribution in [2.24, 2.45) is 5.84 Å². The van der Waals surface area contributed by atoms with Crippen LogP contribution < -0.4 is 11.3 Å². The Kier molecular flexibility index (Phi) is 2.22. The molecule has 0 aliphatic rings. The van der Waals surface area contributed by atoms with Crippen molar-refractivity contribution in [3.8, 4) is 0 Å². The van der Waals surface area contributed by atoms with Crippen LogP contribution in [-0.2, 0) is 0 Å². The Bertz CT molecular complexity index is 45.4. The van der Waals surface area contributed by atoms with E-state index in [4.69, 9.17) is 5.84 Å². The molecule has 0 rings (SSSR count). The molecule has 0 heterocycles. The average molecular weight is 104 g/mol. The molecule has 0 aromatic carbocycles. The van der Waals surface area contributed by atoms with Crippen LogP contribution in [0.15, 0.2) is 0 Å². The lowest BCUT2D eigenvalue weighted by Crippen LogP contribution is -2.57. The Hall–Kier alpha value is -0.120. The zero-order valence-electron chi connectivity index (χ0n) is 5.23. The SMILES string of the molecule is CCN[N+](C)(C)N. The molecule has 0 atom stereocenters. The van der Waals surface area contributed by atoms with E-state index in [0.29, 0.717) is 4.70 Å². The van der Waals surface area contributed by atoms with Gasteiger partial charge in [0.2, 0.25) is 0 Å². The van der Waals surface area contributed by atoms with E-state index in [1.165, 1.54) is 0 Å². The molecule has 0 aliphatic heterocycles. The molecule has 3 N–H and O–H groups in total. The van der Waals surface area contributed by atoms with E-state index in [0.717, 1.165) is 6.54 Å². The molecular formula is C4H14N3+. The van der Waals surface area contributed by atoms with Crippen LogP contribution in [0.1, 0.15) is 6.92 Å². The highest BCUT2D eigenvalue weighted by atomic mass is 15.8. The van der Waals surface area contributed by atoms with Crippen LogP contribution in [0.5, 0.6) is 0 Å². The quantitative estimate of drug-likeness (QED) is 0.280. The van der Waals surface area contributed by atoms with Crippen molar-refractivity contribution in [1.82, 2.24) is 5.43 Å². The molecule has 0 spiro atoms. The fraction of sp³-hybridized carbons (Fsp3) is 1.00. The number of hydrogen-bond acceptors (Lipinski definition) is 2. The maximum absolute atomic E-state index is 5.47. The summed E-state index contributed by atoms with van der Waals surface area (Å²) in [5.41, 5.74) is 3.00. The van der Waals surface area contributed by atoms with E-state index in [1.807, 2.05) is 21.0 Å². The van der Waals surface area contributed by atoms with Gasteiger partial charge in [0, 0.05) is 6.54 Å². The minimum absolute atomic E-state index is 0.344. The van der Waals surface area contributed by atoms with E-state index in [2.05, 4.69) is 5.43 Å². The highest BCUT2D eigenvalue weighted by Crippen LogP contribution is 1.70. The molecule has 0 aromatic rings. The van der Waals surface area contributed by atoms with Gasteiger partial charge in [0.15, 0.2) is 0 Å². The van der Waals surface area contributed by atoms with Crippen molar-refractivity contribution in [3.63, 3.8) is 0 Å². The molecule has 3 heteroatoms. The predicted octanol–water partition coefficient (Wildman–Crippen LogP) is -0.539. The number of nitrogens with zero attached hydrogens (tertiary/aromatic N) is 1. The van der Waals surface area contributed by atoms with E-state index >= 15 is 0 Å². The van der Waals surface area contributed by atoms with Crippen LogP contribution in [0.2, 0.25) is 0 Å². The lowest BCUT2D eigenvalue weighted by Gasteiger charge is -2.20. The predicted molar refractivity (Wildman–Crippen MR) is 30.0 cm³/mol. The van der Waals surface area contributed by atoms with E-state index < -0.39 is 0 Å². The van der Waals surface area contributed by atoms with Crippen molar-refractivity contribution in [2.75, 3.05) is 20.6 Å². The van der Waals surface area contributed by atoms with Gasteiger partial charge >= 0.3 is 0 Å². The first-order valence-corrected chi connectivity index (χ1v) is 2.44. The van der Waals surface area contributed by atoms with Crippen molar-refractivity contribution in [2.45, 2.75) is 6.92 Å². The second kappa shape index (κ2) is 2.26. The number of rotatable bonds is 2. The summed E-state index contributed by atoms with van der Waals surface area (Å²) in [6.07, 6.45) is 0. The normalized spacial score (nSPS) is 12.0. The van der Waals surface area contributed by atoms with Gasteiger partial charge in [-0.3, -0.25) is 0 Å². The lowest BCUT2D eigenvalue weighted by molar-refractivity contribution is -0.945. The first-order chi connectivity index (χ1) is 3.06. The first kappa shape index (κ1) is 6.88. The fourth-order valence-electron chi connectivity index (χ4n) is 0.408. The molecule has 0 saturated carbocycles. The third-order valence-corrected chi connectivity index (χ3v) is 0.566. The van der Waals surface area contributed by atoms with Gasteiger partial charge < -0.3 is 0 Å². The minimum Gasteiger partial charge on any atom is -0.179 e. The van der Waals surface area contributed by atoms with Crippen molar-refractivity contribution < 1.29 is 4.70 Å². The van der Waals surface area contributed by atoms with Gasteiger partial charge in [0.1, 0.15) is 14.1 Å². The summed E-state index contributed by atoms with van der Waals surface area (Å²) < 4.78 is 0.344. The molecule has 7 heavy (non-hydrogen) atoms. The highest BCUT2D eigenvalue weighted by molar-refractivity contribution is 4.11. The maximum Gasteiger partial charge on any atom is 0.104 e. The number of nitrogens with two attached hydrogens (primary N) is 1. The van der Waals surface area contributed by atoms with Gasteiger partial charge in [0.25, 0.3) is 0 Å². The smallest absolute Gasteiger partial charge is 0.104 e. The van der Waals surface area contributed by atoms with Crippen LogP contribution in [0.4, 0.5) is 0 Å². The molecule has 0 unspecified atom stereocenters. The zero-order chi connectivity index (χ0) is 5.91. The Morgan fingerprint density at radius 1 is 1.57 bits per heavy atom. The summed E-state index contributed by atoms with van der Waals surface area (Å²) in [6.45, 7) is 2.93. The standard InChI is InChI=1S/C4H14N3/c1-4-6-7(2,3)5/h6H,4-5H2,1-3H3/q+1. The van der Waals surface area contributed by atoms with E-state index in [-0.39, 0.29) is 0 Å². The third-order valence-electron chi connectivity index (χ3n) is 0.566. The third kappa shape index (κ3) is 5.88. The minimum atomic E-state index is 0.344. The van der Waals surface area contributed by atoms with Crippen LogP contribution in [-0.4, -0.2) is 25.3 Å². The summed E-state index contributed by atoms with van der Waals surface area (Å²) >= 11 is 0. The zero-order valence-corrected chi connectivity index (χ0v) is 5.23.